The van der Waals surface area contributed by atoms with Crippen LogP contribution in [0.1, 0.15) is 17.5 Å². The summed E-state index contributed by atoms with van der Waals surface area (Å²) in [6.07, 6.45) is 7.91. The molecule has 2 heterocycles. The Labute approximate surface area is 134 Å². The molecule has 0 saturated carbocycles. The van der Waals surface area contributed by atoms with Gasteiger partial charge in [-0.15, -0.1) is 0 Å². The van der Waals surface area contributed by atoms with E-state index in [0.717, 1.165) is 22.4 Å². The summed E-state index contributed by atoms with van der Waals surface area (Å²) in [5, 5.41) is 7.01. The molecule has 0 atom stereocenters. The van der Waals surface area contributed by atoms with Crippen LogP contribution in [0, 0.1) is 6.92 Å². The number of nitrogens with one attached hydrogen (secondary N) is 1. The van der Waals surface area contributed by atoms with Gasteiger partial charge in [0.15, 0.2) is 0 Å². The number of oxazole rings is 1. The molecular weight excluding hydrogens is 292 g/mol. The second kappa shape index (κ2) is 6.48. The largest absolute Gasteiger partial charge is 0.445 e. The summed E-state index contributed by atoms with van der Waals surface area (Å²) >= 11 is 0. The molecule has 0 aliphatic carbocycles. The van der Waals surface area contributed by atoms with Gasteiger partial charge in [0.2, 0.25) is 11.8 Å². The van der Waals surface area contributed by atoms with Gasteiger partial charge in [0, 0.05) is 30.9 Å². The third-order valence-corrected chi connectivity index (χ3v) is 3.58. The average molecular weight is 310 g/mol. The lowest BCUT2D eigenvalue weighted by Crippen LogP contribution is -2.12. The van der Waals surface area contributed by atoms with E-state index in [4.69, 9.17) is 4.42 Å². The van der Waals surface area contributed by atoms with Crippen molar-refractivity contribution in [3.05, 3.63) is 54.2 Å². The number of amides is 1. The van der Waals surface area contributed by atoms with E-state index in [1.54, 1.807) is 17.1 Å². The molecule has 118 valence electrons. The van der Waals surface area contributed by atoms with Gasteiger partial charge in [-0.25, -0.2) is 4.98 Å². The van der Waals surface area contributed by atoms with E-state index in [9.17, 15) is 4.79 Å². The lowest BCUT2D eigenvalue weighted by molar-refractivity contribution is -0.116. The first-order valence-electron chi connectivity index (χ1n) is 7.40. The van der Waals surface area contributed by atoms with Gasteiger partial charge in [-0.05, 0) is 36.6 Å². The predicted octanol–water partition coefficient (Wildman–Crippen LogP) is 2.95. The van der Waals surface area contributed by atoms with E-state index in [1.165, 1.54) is 6.26 Å². The van der Waals surface area contributed by atoms with Crippen molar-refractivity contribution in [3.63, 3.8) is 0 Å². The molecule has 3 rings (SSSR count). The van der Waals surface area contributed by atoms with Gasteiger partial charge < -0.3 is 9.73 Å². The van der Waals surface area contributed by atoms with Crippen LogP contribution in [-0.4, -0.2) is 20.7 Å². The molecule has 3 aromatic rings. The van der Waals surface area contributed by atoms with E-state index in [1.807, 2.05) is 38.4 Å². The molecule has 0 aliphatic heterocycles. The quantitative estimate of drug-likeness (QED) is 0.786. The van der Waals surface area contributed by atoms with Crippen molar-refractivity contribution in [2.75, 3.05) is 5.32 Å². The van der Waals surface area contributed by atoms with Crippen molar-refractivity contribution in [2.45, 2.75) is 19.8 Å². The molecule has 0 unspecified atom stereocenters. The Hall–Kier alpha value is -2.89. The lowest BCUT2D eigenvalue weighted by atomic mass is 10.1. The molecule has 1 amide bonds. The van der Waals surface area contributed by atoms with Gasteiger partial charge in [-0.2, -0.15) is 5.10 Å². The first kappa shape index (κ1) is 15.0. The molecule has 0 aliphatic rings. The monoisotopic (exact) mass is 310 g/mol. The smallest absolute Gasteiger partial charge is 0.226 e. The van der Waals surface area contributed by atoms with Crippen molar-refractivity contribution >= 4 is 11.6 Å². The van der Waals surface area contributed by atoms with E-state index in [0.29, 0.717) is 18.7 Å². The summed E-state index contributed by atoms with van der Waals surface area (Å²) in [6, 6.07) is 5.70. The summed E-state index contributed by atoms with van der Waals surface area (Å²) in [5.41, 5.74) is 3.70. The predicted molar refractivity (Wildman–Crippen MR) is 86.8 cm³/mol. The molecule has 0 spiro atoms. The molecule has 6 nitrogen and oxygen atoms in total. The summed E-state index contributed by atoms with van der Waals surface area (Å²) in [7, 11) is 1.86. The number of benzene rings is 1. The third-order valence-electron chi connectivity index (χ3n) is 3.58. The normalized spacial score (nSPS) is 10.7. The zero-order valence-corrected chi connectivity index (χ0v) is 13.1. The van der Waals surface area contributed by atoms with Crippen LogP contribution in [0.2, 0.25) is 0 Å². The first-order chi connectivity index (χ1) is 11.1. The molecule has 0 bridgehead atoms. The highest BCUT2D eigenvalue weighted by Crippen LogP contribution is 2.25. The molecular formula is C17H18N4O2. The topological polar surface area (TPSA) is 73.0 Å². The number of rotatable bonds is 5. The second-order valence-corrected chi connectivity index (χ2v) is 5.44. The van der Waals surface area contributed by atoms with Gasteiger partial charge in [0.05, 0.1) is 12.4 Å². The summed E-state index contributed by atoms with van der Waals surface area (Å²) in [5.74, 6) is 0.519. The minimum atomic E-state index is -0.0314. The molecule has 1 N–H and O–H groups in total. The van der Waals surface area contributed by atoms with Crippen LogP contribution in [0.4, 0.5) is 5.69 Å². The molecule has 23 heavy (non-hydrogen) atoms. The number of anilines is 1. The Morgan fingerprint density at radius 1 is 1.39 bits per heavy atom. The van der Waals surface area contributed by atoms with Crippen molar-refractivity contribution in [3.8, 4) is 11.5 Å². The molecule has 0 fully saturated rings. The Bertz CT molecular complexity index is 806. The van der Waals surface area contributed by atoms with Crippen LogP contribution >= 0.6 is 0 Å². The fraction of sp³-hybridized carbons (Fsp3) is 0.235. The SMILES string of the molecule is Cc1ccc(NC(=O)CCc2cnn(C)c2)cc1-c1ncco1. The van der Waals surface area contributed by atoms with Gasteiger partial charge in [-0.3, -0.25) is 9.48 Å². The van der Waals surface area contributed by atoms with Crippen LogP contribution in [0.3, 0.4) is 0 Å². The fourth-order valence-electron chi connectivity index (χ4n) is 2.37. The van der Waals surface area contributed by atoms with Gasteiger partial charge >= 0.3 is 0 Å². The van der Waals surface area contributed by atoms with Crippen LogP contribution in [0.25, 0.3) is 11.5 Å². The van der Waals surface area contributed by atoms with E-state index >= 15 is 0 Å². The van der Waals surface area contributed by atoms with E-state index in [2.05, 4.69) is 15.4 Å². The number of hydrogen-bond acceptors (Lipinski definition) is 4. The highest BCUT2D eigenvalue weighted by molar-refractivity contribution is 5.91. The molecule has 0 radical (unpaired) electrons. The minimum absolute atomic E-state index is 0.0314. The minimum Gasteiger partial charge on any atom is -0.445 e. The summed E-state index contributed by atoms with van der Waals surface area (Å²) in [4.78, 5) is 16.3. The van der Waals surface area contributed by atoms with E-state index < -0.39 is 0 Å². The zero-order valence-electron chi connectivity index (χ0n) is 13.1. The van der Waals surface area contributed by atoms with Crippen LogP contribution in [0.5, 0.6) is 0 Å². The Morgan fingerprint density at radius 2 is 2.26 bits per heavy atom. The maximum atomic E-state index is 12.1. The van der Waals surface area contributed by atoms with Gasteiger partial charge in [0.1, 0.15) is 6.26 Å². The molecule has 2 aromatic heterocycles. The Morgan fingerprint density at radius 3 is 2.96 bits per heavy atom. The third kappa shape index (κ3) is 3.66. The van der Waals surface area contributed by atoms with Gasteiger partial charge in [0.25, 0.3) is 0 Å². The highest BCUT2D eigenvalue weighted by atomic mass is 16.3. The van der Waals surface area contributed by atoms with Crippen LogP contribution in [0.15, 0.2) is 47.5 Å². The number of aromatic nitrogens is 3. The fourth-order valence-corrected chi connectivity index (χ4v) is 2.37. The average Bonchev–Trinajstić information content (AvgIpc) is 3.19. The van der Waals surface area contributed by atoms with Crippen LogP contribution < -0.4 is 5.32 Å². The van der Waals surface area contributed by atoms with Crippen molar-refractivity contribution < 1.29 is 9.21 Å². The summed E-state index contributed by atoms with van der Waals surface area (Å²) < 4.78 is 7.07. The number of nitrogens with zero attached hydrogens (tertiary/aromatic N) is 3. The van der Waals surface area contributed by atoms with Gasteiger partial charge in [-0.1, -0.05) is 6.07 Å². The highest BCUT2D eigenvalue weighted by Gasteiger charge is 2.09. The maximum Gasteiger partial charge on any atom is 0.226 e. The number of hydrogen-bond donors (Lipinski definition) is 1. The Balaban J connectivity index is 1.65. The molecule has 1 aromatic carbocycles. The van der Waals surface area contributed by atoms with E-state index in [-0.39, 0.29) is 5.91 Å². The maximum absolute atomic E-state index is 12.1. The first-order valence-corrected chi connectivity index (χ1v) is 7.40. The van der Waals surface area contributed by atoms with Crippen molar-refractivity contribution in [2.24, 2.45) is 7.05 Å². The lowest BCUT2D eigenvalue weighted by Gasteiger charge is -2.08. The number of aryl methyl sites for hydroxylation is 3. The number of carbonyl (C=O) groups excluding carboxylic acids is 1. The molecule has 6 heteroatoms. The summed E-state index contributed by atoms with van der Waals surface area (Å²) in [6.45, 7) is 1.98. The number of carbonyl (C=O) groups is 1. The standard InChI is InChI=1S/C17H18N4O2/c1-12-3-5-14(9-15(12)17-18-7-8-23-17)20-16(22)6-4-13-10-19-21(2)11-13/h3,5,7-11H,4,6H2,1-2H3,(H,20,22). The zero-order chi connectivity index (χ0) is 16.2. The Kier molecular flexibility index (Phi) is 4.23. The van der Waals surface area contributed by atoms with Crippen molar-refractivity contribution in [1.29, 1.82) is 0 Å². The van der Waals surface area contributed by atoms with Crippen molar-refractivity contribution in [1.82, 2.24) is 14.8 Å². The second-order valence-electron chi connectivity index (χ2n) is 5.44. The molecule has 0 saturated heterocycles. The van der Waals surface area contributed by atoms with Crippen LogP contribution in [-0.2, 0) is 18.3 Å².